The first kappa shape index (κ1) is 23.6. The number of pyridine rings is 1. The molecule has 0 radical (unpaired) electrons. The van der Waals surface area contributed by atoms with E-state index in [0.717, 1.165) is 11.3 Å². The molecule has 1 unspecified atom stereocenters. The van der Waals surface area contributed by atoms with Crippen molar-refractivity contribution in [3.05, 3.63) is 102 Å². The third kappa shape index (κ3) is 6.69. The molecule has 168 valence electrons. The van der Waals surface area contributed by atoms with Crippen LogP contribution >= 0.6 is 0 Å². The van der Waals surface area contributed by atoms with Crippen molar-refractivity contribution in [3.8, 4) is 11.3 Å². The van der Waals surface area contributed by atoms with E-state index < -0.39 is 11.6 Å². The van der Waals surface area contributed by atoms with Gasteiger partial charge >= 0.3 is 0 Å². The van der Waals surface area contributed by atoms with Gasteiger partial charge in [0.1, 0.15) is 11.5 Å². The van der Waals surface area contributed by atoms with Crippen LogP contribution in [0.5, 0.6) is 0 Å². The van der Waals surface area contributed by atoms with E-state index in [1.54, 1.807) is 43.5 Å². The number of aromatic nitrogens is 1. The number of allylic oxidation sites excluding steroid dienone is 2. The molecule has 0 aliphatic heterocycles. The minimum Gasteiger partial charge on any atom is -0.359 e. The topological polar surface area (TPSA) is 104 Å². The molecule has 2 aromatic carbocycles. The lowest BCUT2D eigenvalue weighted by molar-refractivity contribution is -0.108. The average Bonchev–Trinajstić information content (AvgIpc) is 2.79. The van der Waals surface area contributed by atoms with Crippen LogP contribution < -0.4 is 16.4 Å². The second-order valence-corrected chi connectivity index (χ2v) is 7.56. The van der Waals surface area contributed by atoms with Crippen molar-refractivity contribution >= 4 is 22.9 Å². The summed E-state index contributed by atoms with van der Waals surface area (Å²) in [6.07, 6.45) is 5.75. The van der Waals surface area contributed by atoms with Gasteiger partial charge in [0.2, 0.25) is 5.78 Å². The molecule has 0 fully saturated rings. The molecular formula is C26H26FN5O. The molecule has 0 spiro atoms. The van der Waals surface area contributed by atoms with Gasteiger partial charge in [-0.15, -0.1) is 0 Å². The molecule has 0 aliphatic carbocycles. The van der Waals surface area contributed by atoms with Crippen molar-refractivity contribution in [1.82, 2.24) is 4.98 Å². The Morgan fingerprint density at radius 3 is 2.64 bits per heavy atom. The molecule has 0 saturated heterocycles. The molecule has 1 atom stereocenters. The first-order chi connectivity index (χ1) is 15.8. The molecule has 6 nitrogen and oxygen atoms in total. The van der Waals surface area contributed by atoms with Gasteiger partial charge in [-0.25, -0.2) is 4.39 Å². The van der Waals surface area contributed by atoms with E-state index in [1.807, 2.05) is 37.3 Å². The number of ketones is 1. The quantitative estimate of drug-likeness (QED) is 0.274. The summed E-state index contributed by atoms with van der Waals surface area (Å²) in [4.78, 5) is 16.8. The Labute approximate surface area is 192 Å². The molecular weight excluding hydrogens is 417 g/mol. The smallest absolute Gasteiger partial charge is 0.207 e. The number of carbonyl (C=O) groups is 1. The maximum Gasteiger partial charge on any atom is 0.207 e. The van der Waals surface area contributed by atoms with Crippen LogP contribution in [0.25, 0.3) is 11.3 Å². The number of nitrogens with zero attached hydrogens (tertiary/aromatic N) is 1. The van der Waals surface area contributed by atoms with E-state index in [-0.39, 0.29) is 17.4 Å². The third-order valence-corrected chi connectivity index (χ3v) is 4.65. The van der Waals surface area contributed by atoms with E-state index in [2.05, 4.69) is 15.6 Å². The highest BCUT2D eigenvalue weighted by atomic mass is 19.1. The zero-order chi connectivity index (χ0) is 23.8. The van der Waals surface area contributed by atoms with Crippen LogP contribution in [0.3, 0.4) is 0 Å². The van der Waals surface area contributed by atoms with Crippen molar-refractivity contribution in [1.29, 1.82) is 5.41 Å². The van der Waals surface area contributed by atoms with Crippen molar-refractivity contribution < 1.29 is 9.18 Å². The van der Waals surface area contributed by atoms with Crippen LogP contribution in [0.2, 0.25) is 0 Å². The first-order valence-corrected chi connectivity index (χ1v) is 10.4. The average molecular weight is 444 g/mol. The monoisotopic (exact) mass is 443 g/mol. The summed E-state index contributed by atoms with van der Waals surface area (Å²) < 4.78 is 14.5. The number of hydrogen-bond donors (Lipinski definition) is 4. The van der Waals surface area contributed by atoms with Gasteiger partial charge in [0.05, 0.1) is 17.1 Å². The summed E-state index contributed by atoms with van der Waals surface area (Å²) in [5.74, 6) is -1.04. The SMILES string of the molecule is Cc1cccc(N/C(=C\C(C)N)C(=N)C(=O)/C=C\Nc2ccc(-c3ccccn3)cc2F)c1. The molecule has 7 heteroatoms. The number of halogens is 1. The van der Waals surface area contributed by atoms with E-state index in [0.29, 0.717) is 17.0 Å². The number of carbonyl (C=O) groups excluding carboxylic acids is 1. The summed E-state index contributed by atoms with van der Waals surface area (Å²) in [7, 11) is 0. The fourth-order valence-corrected chi connectivity index (χ4v) is 3.08. The third-order valence-electron chi connectivity index (χ3n) is 4.65. The lowest BCUT2D eigenvalue weighted by Gasteiger charge is -2.13. The molecule has 3 aromatic rings. The highest BCUT2D eigenvalue weighted by Crippen LogP contribution is 2.22. The molecule has 3 rings (SSSR count). The van der Waals surface area contributed by atoms with Gasteiger partial charge in [-0.1, -0.05) is 24.3 Å². The van der Waals surface area contributed by atoms with E-state index >= 15 is 0 Å². The lowest BCUT2D eigenvalue weighted by Crippen LogP contribution is -2.23. The fourth-order valence-electron chi connectivity index (χ4n) is 3.08. The van der Waals surface area contributed by atoms with Crippen LogP contribution in [-0.2, 0) is 4.79 Å². The molecule has 33 heavy (non-hydrogen) atoms. The van der Waals surface area contributed by atoms with Crippen LogP contribution in [0.4, 0.5) is 15.8 Å². The minimum atomic E-state index is -0.555. The zero-order valence-corrected chi connectivity index (χ0v) is 18.5. The normalized spacial score (nSPS) is 12.4. The van der Waals surface area contributed by atoms with E-state index in [1.165, 1.54) is 18.3 Å². The molecule has 0 aliphatic rings. The standard InChI is InChI=1S/C26H26FN5O/c1-17-6-5-7-20(14-17)32-24(15-18(2)28)26(29)25(33)11-13-31-23-10-9-19(16-21(23)27)22-8-3-4-12-30-22/h3-16,18,29,31-32H,28H2,1-2H3/b13-11-,24-15-,29-26?. The predicted octanol–water partition coefficient (Wildman–Crippen LogP) is 5.05. The number of nitrogens with two attached hydrogens (primary N) is 1. The second kappa shape index (κ2) is 11.0. The summed E-state index contributed by atoms with van der Waals surface area (Å²) in [6.45, 7) is 3.71. The highest BCUT2D eigenvalue weighted by molar-refractivity contribution is 6.49. The predicted molar refractivity (Wildman–Crippen MR) is 132 cm³/mol. The van der Waals surface area contributed by atoms with Crippen molar-refractivity contribution in [2.75, 3.05) is 10.6 Å². The van der Waals surface area contributed by atoms with Crippen molar-refractivity contribution in [3.63, 3.8) is 0 Å². The molecule has 0 amide bonds. The number of nitrogens with one attached hydrogen (secondary N) is 3. The number of benzene rings is 2. The number of aryl methyl sites for hydroxylation is 1. The Bertz CT molecular complexity index is 1200. The van der Waals surface area contributed by atoms with Gasteiger partial charge in [-0.3, -0.25) is 15.2 Å². The van der Waals surface area contributed by atoms with Crippen LogP contribution in [0.1, 0.15) is 12.5 Å². The molecule has 1 heterocycles. The molecule has 5 N–H and O–H groups in total. The number of hydrogen-bond acceptors (Lipinski definition) is 6. The van der Waals surface area contributed by atoms with Crippen LogP contribution in [-0.4, -0.2) is 22.5 Å². The number of anilines is 2. The molecule has 1 aromatic heterocycles. The van der Waals surface area contributed by atoms with Gasteiger partial charge < -0.3 is 16.4 Å². The van der Waals surface area contributed by atoms with Gasteiger partial charge in [0, 0.05) is 35.8 Å². The van der Waals surface area contributed by atoms with Gasteiger partial charge in [0.15, 0.2) is 0 Å². The highest BCUT2D eigenvalue weighted by Gasteiger charge is 2.14. The van der Waals surface area contributed by atoms with Crippen molar-refractivity contribution in [2.45, 2.75) is 19.9 Å². The first-order valence-electron chi connectivity index (χ1n) is 10.4. The van der Waals surface area contributed by atoms with Gasteiger partial charge in [-0.05, 0) is 61.9 Å². The summed E-state index contributed by atoms with van der Waals surface area (Å²) in [6, 6.07) is 17.3. The molecule has 0 saturated carbocycles. The Balaban J connectivity index is 1.68. The number of rotatable bonds is 9. The Morgan fingerprint density at radius 2 is 1.97 bits per heavy atom. The van der Waals surface area contributed by atoms with Gasteiger partial charge in [0.25, 0.3) is 0 Å². The Kier molecular flexibility index (Phi) is 7.83. The van der Waals surface area contributed by atoms with Gasteiger partial charge in [-0.2, -0.15) is 0 Å². The van der Waals surface area contributed by atoms with Crippen LogP contribution in [0.15, 0.2) is 90.9 Å². The van der Waals surface area contributed by atoms with E-state index in [4.69, 9.17) is 11.1 Å². The lowest BCUT2D eigenvalue weighted by atomic mass is 10.1. The summed E-state index contributed by atoms with van der Waals surface area (Å²) >= 11 is 0. The Hall–Kier alpha value is -4.10. The largest absolute Gasteiger partial charge is 0.359 e. The zero-order valence-electron chi connectivity index (χ0n) is 18.5. The van der Waals surface area contributed by atoms with Crippen LogP contribution in [0, 0.1) is 18.2 Å². The van der Waals surface area contributed by atoms with E-state index in [9.17, 15) is 9.18 Å². The second-order valence-electron chi connectivity index (χ2n) is 7.56. The minimum absolute atomic E-state index is 0.203. The fraction of sp³-hybridized carbons (Fsp3) is 0.115. The molecule has 0 bridgehead atoms. The summed E-state index contributed by atoms with van der Waals surface area (Å²) in [5, 5.41) is 14.1. The maximum atomic E-state index is 14.5. The maximum absolute atomic E-state index is 14.5. The van der Waals surface area contributed by atoms with Crippen molar-refractivity contribution in [2.24, 2.45) is 5.73 Å². The Morgan fingerprint density at radius 1 is 1.15 bits per heavy atom. The summed E-state index contributed by atoms with van der Waals surface area (Å²) in [5.41, 5.74) is 9.21.